The largest absolute Gasteiger partial charge is 0.504 e. The minimum atomic E-state index is 0.146. The highest BCUT2D eigenvalue weighted by Crippen LogP contribution is 2.06. The Hall–Kier alpha value is -0.0262. The fourth-order valence-corrected chi connectivity index (χ4v) is 3.17. The molecule has 0 radical (unpaired) electrons. The van der Waals surface area contributed by atoms with Crippen molar-refractivity contribution in [1.82, 2.24) is 0 Å². The van der Waals surface area contributed by atoms with Crippen LogP contribution in [0, 0.1) is 0 Å². The average Bonchev–Trinajstić information content (AvgIpc) is 1.90. The zero-order chi connectivity index (χ0) is 5.82. The SMILES string of the molecule is [SiH3][SiH2]C1=CCCCO1. The van der Waals surface area contributed by atoms with Gasteiger partial charge in [0.25, 0.3) is 0 Å². The standard InChI is InChI=1S/C5H12OSi2/c7-8-5-3-1-2-4-6-5/h3H,1-2,4,8H2,7H3. The predicted octanol–water partition coefficient (Wildman–Crippen LogP) is -0.913. The third-order valence-corrected chi connectivity index (χ3v) is 4.64. The molecule has 0 aliphatic carbocycles. The van der Waals surface area contributed by atoms with Crippen LogP contribution in [0.4, 0.5) is 0 Å². The lowest BCUT2D eigenvalue weighted by molar-refractivity contribution is 0.217. The molecular weight excluding hydrogens is 132 g/mol. The number of allylic oxidation sites excluding steroid dienone is 1. The Morgan fingerprint density at radius 3 is 3.00 bits per heavy atom. The van der Waals surface area contributed by atoms with Crippen LogP contribution in [-0.2, 0) is 4.74 Å². The van der Waals surface area contributed by atoms with Crippen molar-refractivity contribution in [2.45, 2.75) is 12.8 Å². The molecule has 0 fully saturated rings. The highest BCUT2D eigenvalue weighted by atomic mass is 29.1. The summed E-state index contributed by atoms with van der Waals surface area (Å²) in [5.74, 6) is 0. The van der Waals surface area contributed by atoms with Gasteiger partial charge in [-0.25, -0.2) is 0 Å². The zero-order valence-electron chi connectivity index (χ0n) is 5.31. The maximum Gasteiger partial charge on any atom is 0.0873 e. The summed E-state index contributed by atoms with van der Waals surface area (Å²) in [5.41, 5.74) is 0. The summed E-state index contributed by atoms with van der Waals surface area (Å²) in [7, 11) is 1.52. The van der Waals surface area contributed by atoms with Gasteiger partial charge in [-0.2, -0.15) is 0 Å². The molecule has 0 aromatic heterocycles. The summed E-state index contributed by atoms with van der Waals surface area (Å²) in [4.78, 5) is 0. The van der Waals surface area contributed by atoms with Crippen LogP contribution in [-0.4, -0.2) is 25.4 Å². The molecule has 0 saturated carbocycles. The van der Waals surface area contributed by atoms with Crippen LogP contribution in [0.1, 0.15) is 12.8 Å². The van der Waals surface area contributed by atoms with Gasteiger partial charge in [-0.05, 0) is 12.8 Å². The lowest BCUT2D eigenvalue weighted by Gasteiger charge is -2.12. The first-order chi connectivity index (χ1) is 3.93. The Kier molecular flexibility index (Phi) is 2.36. The predicted molar refractivity (Wildman–Crippen MR) is 41.8 cm³/mol. The van der Waals surface area contributed by atoms with Crippen LogP contribution in [0.5, 0.6) is 0 Å². The van der Waals surface area contributed by atoms with Crippen molar-refractivity contribution in [3.63, 3.8) is 0 Å². The van der Waals surface area contributed by atoms with E-state index >= 15 is 0 Å². The molecule has 46 valence electrons. The highest BCUT2D eigenvalue weighted by Gasteiger charge is 1.99. The van der Waals surface area contributed by atoms with Crippen molar-refractivity contribution in [2.24, 2.45) is 0 Å². The molecule has 0 unspecified atom stereocenters. The van der Waals surface area contributed by atoms with Gasteiger partial charge >= 0.3 is 0 Å². The molecule has 1 aliphatic heterocycles. The van der Waals surface area contributed by atoms with Crippen molar-refractivity contribution >= 4 is 18.8 Å². The van der Waals surface area contributed by atoms with E-state index in [1.54, 1.807) is 0 Å². The van der Waals surface area contributed by atoms with Crippen molar-refractivity contribution in [2.75, 3.05) is 6.61 Å². The summed E-state index contributed by atoms with van der Waals surface area (Å²) >= 11 is 0. The molecule has 1 aliphatic rings. The Balaban J connectivity index is 2.37. The molecule has 0 aromatic carbocycles. The lowest BCUT2D eigenvalue weighted by atomic mass is 10.3. The van der Waals surface area contributed by atoms with Crippen LogP contribution in [0.2, 0.25) is 0 Å². The molecule has 0 bridgehead atoms. The van der Waals surface area contributed by atoms with E-state index in [-0.39, 0.29) is 9.04 Å². The topological polar surface area (TPSA) is 9.23 Å². The van der Waals surface area contributed by atoms with Gasteiger partial charge in [-0.15, -0.1) is 0 Å². The van der Waals surface area contributed by atoms with Gasteiger partial charge in [-0.3, -0.25) is 0 Å². The van der Waals surface area contributed by atoms with E-state index in [0.29, 0.717) is 0 Å². The Bertz CT molecular complexity index is 101. The zero-order valence-corrected chi connectivity index (χ0v) is 8.73. The Morgan fingerprint density at radius 1 is 1.75 bits per heavy atom. The van der Waals surface area contributed by atoms with E-state index in [1.807, 2.05) is 0 Å². The number of rotatable bonds is 1. The summed E-state index contributed by atoms with van der Waals surface area (Å²) in [6.45, 7) is 0.987. The molecule has 0 N–H and O–H groups in total. The normalized spacial score (nSPS) is 21.2. The van der Waals surface area contributed by atoms with Gasteiger partial charge in [0.1, 0.15) is 0 Å². The minimum absolute atomic E-state index is 0.146. The van der Waals surface area contributed by atoms with Gasteiger partial charge in [0, 0.05) is 9.76 Å². The van der Waals surface area contributed by atoms with Crippen molar-refractivity contribution in [3.8, 4) is 0 Å². The van der Waals surface area contributed by atoms with Crippen molar-refractivity contribution in [1.29, 1.82) is 0 Å². The molecular formula is C5H12OSi2. The smallest absolute Gasteiger partial charge is 0.0873 e. The van der Waals surface area contributed by atoms with Gasteiger partial charge in [0.2, 0.25) is 0 Å². The summed E-state index contributed by atoms with van der Waals surface area (Å²) in [6, 6.07) is 0. The van der Waals surface area contributed by atoms with E-state index in [4.69, 9.17) is 4.74 Å². The van der Waals surface area contributed by atoms with Gasteiger partial charge in [0.15, 0.2) is 0 Å². The fourth-order valence-electron chi connectivity index (χ4n) is 0.855. The lowest BCUT2D eigenvalue weighted by Crippen LogP contribution is -2.06. The summed E-state index contributed by atoms with van der Waals surface area (Å²) in [5, 5.41) is 1.38. The molecule has 0 spiro atoms. The van der Waals surface area contributed by atoms with Crippen molar-refractivity contribution in [3.05, 3.63) is 11.5 Å². The fraction of sp³-hybridized carbons (Fsp3) is 0.600. The van der Waals surface area contributed by atoms with Gasteiger partial charge in [-0.1, -0.05) is 6.08 Å². The second-order valence-corrected chi connectivity index (χ2v) is 5.54. The summed E-state index contributed by atoms with van der Waals surface area (Å²) in [6.07, 6.45) is 4.78. The van der Waals surface area contributed by atoms with E-state index in [1.165, 1.54) is 28.0 Å². The second kappa shape index (κ2) is 3.09. The molecule has 8 heavy (non-hydrogen) atoms. The van der Waals surface area contributed by atoms with Crippen LogP contribution in [0.3, 0.4) is 0 Å². The van der Waals surface area contributed by atoms with Crippen LogP contribution in [0.25, 0.3) is 0 Å². The third kappa shape index (κ3) is 1.49. The van der Waals surface area contributed by atoms with E-state index in [9.17, 15) is 0 Å². The van der Waals surface area contributed by atoms with Gasteiger partial charge in [0.05, 0.1) is 21.0 Å². The molecule has 0 aromatic rings. The number of hydrogen-bond donors (Lipinski definition) is 0. The van der Waals surface area contributed by atoms with E-state index < -0.39 is 0 Å². The first-order valence-electron chi connectivity index (χ1n) is 3.25. The molecule has 0 atom stereocenters. The number of hydrogen-bond acceptors (Lipinski definition) is 1. The van der Waals surface area contributed by atoms with Crippen LogP contribution >= 0.6 is 0 Å². The van der Waals surface area contributed by atoms with E-state index in [2.05, 4.69) is 6.08 Å². The first kappa shape index (κ1) is 6.10. The molecule has 1 rings (SSSR count). The summed E-state index contributed by atoms with van der Waals surface area (Å²) < 4.78 is 5.38. The Morgan fingerprint density at radius 2 is 2.62 bits per heavy atom. The molecule has 0 amide bonds. The van der Waals surface area contributed by atoms with Crippen molar-refractivity contribution < 1.29 is 4.74 Å². The molecule has 1 heterocycles. The van der Waals surface area contributed by atoms with E-state index in [0.717, 1.165) is 6.61 Å². The van der Waals surface area contributed by atoms with Crippen LogP contribution < -0.4 is 0 Å². The maximum atomic E-state index is 5.38. The maximum absolute atomic E-state index is 5.38. The molecule has 3 heteroatoms. The third-order valence-electron chi connectivity index (χ3n) is 1.36. The number of ether oxygens (including phenoxy) is 1. The Labute approximate surface area is 55.2 Å². The minimum Gasteiger partial charge on any atom is -0.504 e. The monoisotopic (exact) mass is 144 g/mol. The first-order valence-corrected chi connectivity index (χ1v) is 9.61. The second-order valence-electron chi connectivity index (χ2n) is 2.01. The molecule has 0 saturated heterocycles. The average molecular weight is 144 g/mol. The highest BCUT2D eigenvalue weighted by molar-refractivity contribution is 6.93. The van der Waals surface area contributed by atoms with Gasteiger partial charge < -0.3 is 4.74 Å². The van der Waals surface area contributed by atoms with Crippen LogP contribution in [0.15, 0.2) is 11.5 Å². The quantitative estimate of drug-likeness (QED) is 0.433. The molecule has 1 nitrogen and oxygen atoms in total.